The maximum Gasteiger partial charge on any atom is 0.325 e. The number of aromatic nitrogens is 3. The Morgan fingerprint density at radius 1 is 1.45 bits per heavy atom. The first-order valence-electron chi connectivity index (χ1n) is 6.11. The lowest BCUT2D eigenvalue weighted by Gasteiger charge is -2.09. The minimum absolute atomic E-state index is 0.0829. The third kappa shape index (κ3) is 6.25. The van der Waals surface area contributed by atoms with Crippen LogP contribution in [0.2, 0.25) is 0 Å². The maximum absolute atomic E-state index is 11.6. The zero-order valence-electron chi connectivity index (χ0n) is 11.6. The van der Waals surface area contributed by atoms with Crippen molar-refractivity contribution in [2.75, 3.05) is 40.4 Å². The van der Waals surface area contributed by atoms with Crippen LogP contribution in [0.15, 0.2) is 6.20 Å². The summed E-state index contributed by atoms with van der Waals surface area (Å²) in [7, 11) is 3.90. The quantitative estimate of drug-likeness (QED) is 0.541. The second-order valence-electron chi connectivity index (χ2n) is 4.37. The number of aliphatic carboxylic acids is 1. The summed E-state index contributed by atoms with van der Waals surface area (Å²) in [4.78, 5) is 24.1. The van der Waals surface area contributed by atoms with Crippen LogP contribution in [0.25, 0.3) is 0 Å². The van der Waals surface area contributed by atoms with Crippen molar-refractivity contribution in [3.8, 4) is 0 Å². The van der Waals surface area contributed by atoms with Crippen molar-refractivity contribution in [3.63, 3.8) is 0 Å². The van der Waals surface area contributed by atoms with E-state index in [0.717, 1.165) is 11.2 Å². The Kier molecular flexibility index (Phi) is 6.60. The third-order valence-corrected chi connectivity index (χ3v) is 2.28. The van der Waals surface area contributed by atoms with Crippen molar-refractivity contribution in [2.24, 2.45) is 0 Å². The van der Waals surface area contributed by atoms with Gasteiger partial charge >= 0.3 is 5.97 Å². The summed E-state index contributed by atoms with van der Waals surface area (Å²) in [5.74, 6) is -1.45. The number of rotatable bonds is 9. The van der Waals surface area contributed by atoms with Crippen LogP contribution in [0.3, 0.4) is 0 Å². The minimum atomic E-state index is -1.05. The number of hydrogen-bond acceptors (Lipinski definition) is 6. The zero-order valence-corrected chi connectivity index (χ0v) is 11.6. The van der Waals surface area contributed by atoms with Crippen molar-refractivity contribution in [3.05, 3.63) is 11.9 Å². The molecular formula is C11H19N5O4. The molecule has 0 bridgehead atoms. The summed E-state index contributed by atoms with van der Waals surface area (Å²) in [6.45, 7) is 1.85. The van der Waals surface area contributed by atoms with E-state index in [9.17, 15) is 9.59 Å². The van der Waals surface area contributed by atoms with Gasteiger partial charge in [0.25, 0.3) is 5.91 Å². The van der Waals surface area contributed by atoms with Gasteiger partial charge in [0.2, 0.25) is 0 Å². The average Bonchev–Trinajstić information content (AvgIpc) is 2.80. The molecule has 0 aliphatic heterocycles. The molecule has 0 saturated heterocycles. The molecule has 0 radical (unpaired) electrons. The van der Waals surface area contributed by atoms with E-state index in [1.54, 1.807) is 0 Å². The van der Waals surface area contributed by atoms with Crippen LogP contribution in [-0.2, 0) is 16.1 Å². The van der Waals surface area contributed by atoms with E-state index in [1.807, 2.05) is 19.0 Å². The van der Waals surface area contributed by atoms with Crippen LogP contribution in [0.1, 0.15) is 10.5 Å². The van der Waals surface area contributed by atoms with Gasteiger partial charge in [0.05, 0.1) is 19.4 Å². The van der Waals surface area contributed by atoms with Crippen LogP contribution in [-0.4, -0.2) is 77.3 Å². The van der Waals surface area contributed by atoms with Crippen molar-refractivity contribution >= 4 is 11.9 Å². The predicted molar refractivity (Wildman–Crippen MR) is 69.4 cm³/mol. The molecule has 0 fully saturated rings. The number of nitrogens with one attached hydrogen (secondary N) is 1. The summed E-state index contributed by atoms with van der Waals surface area (Å²) >= 11 is 0. The molecule has 9 nitrogen and oxygen atoms in total. The van der Waals surface area contributed by atoms with E-state index in [0.29, 0.717) is 19.8 Å². The molecule has 0 unspecified atom stereocenters. The predicted octanol–water partition coefficient (Wildman–Crippen LogP) is -1.33. The molecule has 112 valence electrons. The largest absolute Gasteiger partial charge is 0.480 e. The van der Waals surface area contributed by atoms with Crippen LogP contribution in [0.4, 0.5) is 0 Å². The monoisotopic (exact) mass is 285 g/mol. The molecule has 1 amide bonds. The molecule has 1 rings (SSSR count). The lowest BCUT2D eigenvalue weighted by molar-refractivity contribution is -0.137. The topological polar surface area (TPSA) is 110 Å². The molecule has 20 heavy (non-hydrogen) atoms. The van der Waals surface area contributed by atoms with E-state index in [2.05, 4.69) is 15.6 Å². The summed E-state index contributed by atoms with van der Waals surface area (Å²) in [5.41, 5.74) is 0.0829. The Balaban J connectivity index is 2.22. The highest BCUT2D eigenvalue weighted by Crippen LogP contribution is 1.93. The first-order valence-corrected chi connectivity index (χ1v) is 6.11. The van der Waals surface area contributed by atoms with E-state index in [1.165, 1.54) is 6.20 Å². The first kappa shape index (κ1) is 16.1. The Hall–Kier alpha value is -2.00. The fraction of sp³-hybridized carbons (Fsp3) is 0.636. The normalized spacial score (nSPS) is 10.8. The maximum atomic E-state index is 11.6. The lowest BCUT2D eigenvalue weighted by Crippen LogP contribution is -2.28. The average molecular weight is 285 g/mol. The fourth-order valence-corrected chi connectivity index (χ4v) is 1.29. The number of carboxylic acid groups (broad SMARTS) is 1. The van der Waals surface area contributed by atoms with Gasteiger partial charge in [0, 0.05) is 13.1 Å². The molecular weight excluding hydrogens is 266 g/mol. The Morgan fingerprint density at radius 2 is 2.20 bits per heavy atom. The van der Waals surface area contributed by atoms with Gasteiger partial charge in [-0.05, 0) is 14.1 Å². The number of carboxylic acids is 1. The minimum Gasteiger partial charge on any atom is -0.480 e. The Labute approximate surface area is 116 Å². The summed E-state index contributed by atoms with van der Waals surface area (Å²) < 4.78 is 6.40. The van der Waals surface area contributed by atoms with Gasteiger partial charge in [0.1, 0.15) is 6.54 Å². The smallest absolute Gasteiger partial charge is 0.325 e. The molecule has 1 heterocycles. The molecule has 2 N–H and O–H groups in total. The molecule has 1 aromatic rings. The van der Waals surface area contributed by atoms with Crippen LogP contribution in [0, 0.1) is 0 Å². The van der Waals surface area contributed by atoms with Gasteiger partial charge in [-0.3, -0.25) is 9.59 Å². The summed E-state index contributed by atoms with van der Waals surface area (Å²) in [5, 5.41) is 18.3. The third-order valence-electron chi connectivity index (χ3n) is 2.28. The second kappa shape index (κ2) is 8.23. The molecule has 9 heteroatoms. The molecule has 0 aromatic carbocycles. The van der Waals surface area contributed by atoms with Crippen molar-refractivity contribution in [1.29, 1.82) is 0 Å². The first-order chi connectivity index (χ1) is 9.49. The van der Waals surface area contributed by atoms with E-state index in [-0.39, 0.29) is 12.2 Å². The lowest BCUT2D eigenvalue weighted by atomic mass is 10.4. The number of carbonyl (C=O) groups is 2. The standard InChI is InChI=1S/C11H19N5O4/c1-15(2)4-6-20-5-3-12-11(19)9-7-16(14-13-9)8-10(17)18/h7H,3-6,8H2,1-2H3,(H,12,19)(H,17,18). The fourth-order valence-electron chi connectivity index (χ4n) is 1.29. The second-order valence-corrected chi connectivity index (χ2v) is 4.37. The highest BCUT2D eigenvalue weighted by atomic mass is 16.5. The van der Waals surface area contributed by atoms with Crippen molar-refractivity contribution < 1.29 is 19.4 Å². The summed E-state index contributed by atoms with van der Waals surface area (Å²) in [6, 6.07) is 0. The molecule has 0 aliphatic rings. The SMILES string of the molecule is CN(C)CCOCCNC(=O)c1cn(CC(=O)O)nn1. The van der Waals surface area contributed by atoms with Crippen LogP contribution >= 0.6 is 0 Å². The van der Waals surface area contributed by atoms with Gasteiger partial charge in [-0.25, -0.2) is 4.68 Å². The number of amides is 1. The Bertz CT molecular complexity index is 446. The van der Waals surface area contributed by atoms with Crippen molar-refractivity contribution in [1.82, 2.24) is 25.2 Å². The van der Waals surface area contributed by atoms with Gasteiger partial charge in [-0.2, -0.15) is 0 Å². The van der Waals surface area contributed by atoms with Gasteiger partial charge in [0.15, 0.2) is 5.69 Å². The van der Waals surface area contributed by atoms with Crippen molar-refractivity contribution in [2.45, 2.75) is 6.54 Å². The number of carbonyl (C=O) groups excluding carboxylic acids is 1. The number of likely N-dealkylation sites (N-methyl/N-ethyl adjacent to an activating group) is 1. The van der Waals surface area contributed by atoms with E-state index in [4.69, 9.17) is 9.84 Å². The zero-order chi connectivity index (χ0) is 15.0. The van der Waals surface area contributed by atoms with E-state index < -0.39 is 11.9 Å². The van der Waals surface area contributed by atoms with Gasteiger partial charge in [-0.1, -0.05) is 5.21 Å². The molecule has 0 spiro atoms. The highest BCUT2D eigenvalue weighted by Gasteiger charge is 2.11. The number of hydrogen-bond donors (Lipinski definition) is 2. The summed E-state index contributed by atoms with van der Waals surface area (Å²) in [6.07, 6.45) is 1.29. The number of ether oxygens (including phenoxy) is 1. The Morgan fingerprint density at radius 3 is 2.85 bits per heavy atom. The molecule has 0 atom stereocenters. The molecule has 1 aromatic heterocycles. The highest BCUT2D eigenvalue weighted by molar-refractivity contribution is 5.91. The van der Waals surface area contributed by atoms with Gasteiger partial charge < -0.3 is 20.1 Å². The van der Waals surface area contributed by atoms with Gasteiger partial charge in [-0.15, -0.1) is 5.10 Å². The molecule has 0 saturated carbocycles. The van der Waals surface area contributed by atoms with Crippen LogP contribution in [0.5, 0.6) is 0 Å². The number of nitrogens with zero attached hydrogens (tertiary/aromatic N) is 4. The van der Waals surface area contributed by atoms with Crippen LogP contribution < -0.4 is 5.32 Å². The van der Waals surface area contributed by atoms with E-state index >= 15 is 0 Å². The molecule has 0 aliphatic carbocycles.